The quantitative estimate of drug-likeness (QED) is 0.924. The lowest BCUT2D eigenvalue weighted by atomic mass is 10.0. The van der Waals surface area contributed by atoms with Gasteiger partial charge in [0.1, 0.15) is 5.56 Å². The fraction of sp³-hybridized carbons (Fsp3) is 0.611. The summed E-state index contributed by atoms with van der Waals surface area (Å²) in [4.78, 5) is 31.6. The largest absolute Gasteiger partial charge is 0.352 e. The van der Waals surface area contributed by atoms with Gasteiger partial charge in [0, 0.05) is 23.3 Å². The van der Waals surface area contributed by atoms with Gasteiger partial charge in [-0.2, -0.15) is 0 Å². The summed E-state index contributed by atoms with van der Waals surface area (Å²) in [7, 11) is 0. The Hall–Kier alpha value is -1.69. The van der Waals surface area contributed by atoms with E-state index in [9.17, 15) is 9.59 Å². The number of carbonyl (C=O) groups excluding carboxylic acids is 1. The van der Waals surface area contributed by atoms with Gasteiger partial charge in [0.25, 0.3) is 11.5 Å². The topological polar surface area (TPSA) is 63.5 Å². The molecule has 0 bridgehead atoms. The van der Waals surface area contributed by atoms with E-state index < -0.39 is 0 Å². The molecule has 1 aliphatic carbocycles. The van der Waals surface area contributed by atoms with E-state index in [4.69, 9.17) is 0 Å². The van der Waals surface area contributed by atoms with Crippen LogP contribution < -0.4 is 10.9 Å². The molecule has 6 heteroatoms. The van der Waals surface area contributed by atoms with E-state index >= 15 is 0 Å². The van der Waals surface area contributed by atoms with E-state index in [2.05, 4.69) is 24.1 Å². The molecule has 0 saturated carbocycles. The zero-order valence-electron chi connectivity index (χ0n) is 14.4. The van der Waals surface area contributed by atoms with Crippen molar-refractivity contribution in [1.82, 2.24) is 14.7 Å². The van der Waals surface area contributed by atoms with Crippen molar-refractivity contribution in [2.75, 3.05) is 6.54 Å². The third-order valence-corrected chi connectivity index (χ3v) is 5.71. The molecule has 24 heavy (non-hydrogen) atoms. The summed E-state index contributed by atoms with van der Waals surface area (Å²) in [5.41, 5.74) is 1.00. The molecule has 1 amide bonds. The molecule has 5 nitrogen and oxygen atoms in total. The SMILES string of the molecule is CC(C)CCNC(=O)c1cnc2sc3c(n2c1=O)CCCCCC3. The molecule has 0 fully saturated rings. The number of aryl methyl sites for hydroxylation is 2. The third-order valence-electron chi connectivity index (χ3n) is 4.55. The van der Waals surface area contributed by atoms with Gasteiger partial charge in [0.2, 0.25) is 0 Å². The van der Waals surface area contributed by atoms with Crippen molar-refractivity contribution in [2.45, 2.75) is 58.8 Å². The molecule has 2 aromatic rings. The minimum absolute atomic E-state index is 0.152. The maximum absolute atomic E-state index is 12.9. The molecule has 0 atom stereocenters. The first-order valence-corrected chi connectivity index (χ1v) is 9.70. The summed E-state index contributed by atoms with van der Waals surface area (Å²) >= 11 is 1.60. The summed E-state index contributed by atoms with van der Waals surface area (Å²) in [6.45, 7) is 4.80. The first-order chi connectivity index (χ1) is 11.6. The summed E-state index contributed by atoms with van der Waals surface area (Å²) in [5.74, 6) is 0.205. The Kier molecular flexibility index (Phi) is 5.33. The number of hydrogen-bond donors (Lipinski definition) is 1. The maximum atomic E-state index is 12.9. The van der Waals surface area contributed by atoms with Crippen LogP contribution in [0.2, 0.25) is 0 Å². The smallest absolute Gasteiger partial charge is 0.271 e. The predicted molar refractivity (Wildman–Crippen MR) is 97.0 cm³/mol. The molecule has 0 aliphatic heterocycles. The van der Waals surface area contributed by atoms with Gasteiger partial charge < -0.3 is 5.32 Å². The van der Waals surface area contributed by atoms with Gasteiger partial charge >= 0.3 is 0 Å². The Morgan fingerprint density at radius 3 is 2.79 bits per heavy atom. The molecule has 0 aromatic carbocycles. The number of rotatable bonds is 4. The van der Waals surface area contributed by atoms with Gasteiger partial charge in [0.15, 0.2) is 4.96 Å². The van der Waals surface area contributed by atoms with Crippen LogP contribution in [0.15, 0.2) is 11.0 Å². The van der Waals surface area contributed by atoms with Gasteiger partial charge in [-0.1, -0.05) is 26.7 Å². The molecule has 2 heterocycles. The van der Waals surface area contributed by atoms with Gasteiger partial charge in [-0.3, -0.25) is 14.0 Å². The Labute approximate surface area is 146 Å². The Morgan fingerprint density at radius 2 is 2.04 bits per heavy atom. The van der Waals surface area contributed by atoms with Gasteiger partial charge in [-0.25, -0.2) is 4.98 Å². The van der Waals surface area contributed by atoms with Crippen LogP contribution in [0, 0.1) is 5.92 Å². The van der Waals surface area contributed by atoms with Crippen LogP contribution in [0.5, 0.6) is 0 Å². The molecule has 0 unspecified atom stereocenters. The third kappa shape index (κ3) is 3.53. The number of hydrogen-bond acceptors (Lipinski definition) is 4. The van der Waals surface area contributed by atoms with Crippen LogP contribution in [0.25, 0.3) is 4.96 Å². The normalized spacial score (nSPS) is 15.1. The van der Waals surface area contributed by atoms with Crippen LogP contribution in [-0.2, 0) is 12.8 Å². The fourth-order valence-electron chi connectivity index (χ4n) is 3.15. The Morgan fingerprint density at radius 1 is 1.29 bits per heavy atom. The van der Waals surface area contributed by atoms with Crippen LogP contribution >= 0.6 is 11.3 Å². The number of carbonyl (C=O) groups is 1. The highest BCUT2D eigenvalue weighted by molar-refractivity contribution is 7.17. The molecule has 0 saturated heterocycles. The van der Waals surface area contributed by atoms with Crippen LogP contribution in [0.1, 0.15) is 66.9 Å². The maximum Gasteiger partial charge on any atom is 0.271 e. The number of fused-ring (bicyclic) bond motifs is 3. The van der Waals surface area contributed by atoms with E-state index in [1.807, 2.05) is 0 Å². The lowest BCUT2D eigenvalue weighted by Crippen LogP contribution is -2.32. The molecule has 1 N–H and O–H groups in total. The lowest BCUT2D eigenvalue weighted by Gasteiger charge is -2.10. The molecule has 0 radical (unpaired) electrons. The summed E-state index contributed by atoms with van der Waals surface area (Å²) in [6.07, 6.45) is 8.96. The van der Waals surface area contributed by atoms with Crippen molar-refractivity contribution in [1.29, 1.82) is 0 Å². The van der Waals surface area contributed by atoms with E-state index in [0.717, 1.165) is 37.8 Å². The summed E-state index contributed by atoms with van der Waals surface area (Å²) < 4.78 is 1.68. The zero-order chi connectivity index (χ0) is 17.1. The standard InChI is InChI=1S/C18H25N3O2S/c1-12(2)9-10-19-16(22)13-11-20-18-21(17(13)23)14-7-5-3-4-6-8-15(14)24-18/h11-12H,3-10H2,1-2H3,(H,19,22). The Balaban J connectivity index is 1.93. The number of thiazole rings is 1. The van der Waals surface area contributed by atoms with E-state index in [1.165, 1.54) is 23.9 Å². The highest BCUT2D eigenvalue weighted by atomic mass is 32.1. The molecular formula is C18H25N3O2S. The van der Waals surface area contributed by atoms with Crippen LogP contribution in [0.4, 0.5) is 0 Å². The van der Waals surface area contributed by atoms with E-state index in [1.54, 1.807) is 15.7 Å². The zero-order valence-corrected chi connectivity index (χ0v) is 15.2. The minimum atomic E-state index is -0.312. The van der Waals surface area contributed by atoms with Crippen molar-refractivity contribution >= 4 is 22.2 Å². The second-order valence-corrected chi connectivity index (χ2v) is 7.98. The molecule has 1 aliphatic rings. The number of amides is 1. The van der Waals surface area contributed by atoms with Crippen molar-refractivity contribution in [3.05, 3.63) is 32.7 Å². The predicted octanol–water partition coefficient (Wildman–Crippen LogP) is 3.19. The van der Waals surface area contributed by atoms with Crippen molar-refractivity contribution in [2.24, 2.45) is 5.92 Å². The first-order valence-electron chi connectivity index (χ1n) is 8.88. The lowest BCUT2D eigenvalue weighted by molar-refractivity contribution is 0.0950. The summed E-state index contributed by atoms with van der Waals surface area (Å²) in [5, 5.41) is 2.84. The van der Waals surface area contributed by atoms with Crippen molar-refractivity contribution in [3.63, 3.8) is 0 Å². The molecular weight excluding hydrogens is 322 g/mol. The number of nitrogens with one attached hydrogen (secondary N) is 1. The average molecular weight is 347 g/mol. The number of aromatic nitrogens is 2. The van der Waals surface area contributed by atoms with Gasteiger partial charge in [-0.05, 0) is 38.0 Å². The second-order valence-electron chi connectivity index (χ2n) is 6.92. The van der Waals surface area contributed by atoms with E-state index in [0.29, 0.717) is 17.4 Å². The van der Waals surface area contributed by atoms with Crippen molar-refractivity contribution in [3.8, 4) is 0 Å². The second kappa shape index (κ2) is 7.47. The van der Waals surface area contributed by atoms with Gasteiger partial charge in [-0.15, -0.1) is 11.3 Å². The molecule has 130 valence electrons. The van der Waals surface area contributed by atoms with E-state index in [-0.39, 0.29) is 17.0 Å². The Bertz CT molecular complexity index is 791. The molecule has 0 spiro atoms. The van der Waals surface area contributed by atoms with Crippen molar-refractivity contribution < 1.29 is 4.79 Å². The monoisotopic (exact) mass is 347 g/mol. The van der Waals surface area contributed by atoms with Crippen LogP contribution in [0.3, 0.4) is 0 Å². The average Bonchev–Trinajstić information content (AvgIpc) is 2.84. The number of nitrogens with zero attached hydrogens (tertiary/aromatic N) is 2. The molecule has 2 aromatic heterocycles. The highest BCUT2D eigenvalue weighted by Crippen LogP contribution is 2.27. The molecule has 3 rings (SSSR count). The fourth-order valence-corrected chi connectivity index (χ4v) is 4.32. The summed E-state index contributed by atoms with van der Waals surface area (Å²) in [6, 6.07) is 0. The van der Waals surface area contributed by atoms with Gasteiger partial charge in [0.05, 0.1) is 0 Å². The van der Waals surface area contributed by atoms with Crippen LogP contribution in [-0.4, -0.2) is 21.8 Å². The minimum Gasteiger partial charge on any atom is -0.352 e. The highest BCUT2D eigenvalue weighted by Gasteiger charge is 2.20. The first kappa shape index (κ1) is 17.1.